The van der Waals surface area contributed by atoms with E-state index in [1.54, 1.807) is 27.9 Å². The minimum Gasteiger partial charge on any atom is -0.497 e. The van der Waals surface area contributed by atoms with Crippen LogP contribution >= 0.6 is 11.9 Å². The van der Waals surface area contributed by atoms with Crippen LogP contribution in [0.3, 0.4) is 0 Å². The number of rotatable bonds is 9. The minimum absolute atomic E-state index is 0.500. The van der Waals surface area contributed by atoms with E-state index in [1.165, 1.54) is 81.6 Å². The molecule has 0 atom stereocenters. The molecule has 1 aliphatic rings. The summed E-state index contributed by atoms with van der Waals surface area (Å²) >= 11 is 2.00. The molecule has 0 saturated carbocycles. The molecule has 0 aliphatic carbocycles. The molecular weight excluding hydrogens is 514 g/mol. The lowest BCUT2D eigenvalue weighted by atomic mass is 9.85. The van der Waals surface area contributed by atoms with E-state index in [2.05, 4.69) is 80.5 Å². The number of anilines is 1. The average molecular weight is 564 g/mol. The Morgan fingerprint density at radius 3 is 2.15 bits per heavy atom. The van der Waals surface area contributed by atoms with Crippen LogP contribution in [-0.4, -0.2) is 30.4 Å². The highest BCUT2D eigenvalue weighted by Crippen LogP contribution is 2.48. The smallest absolute Gasteiger partial charge is 0.119 e. The second kappa shape index (κ2) is 15.9. The van der Waals surface area contributed by atoms with Gasteiger partial charge >= 0.3 is 0 Å². The number of nitrogens with zero attached hydrogens (tertiary/aromatic N) is 1. The summed E-state index contributed by atoms with van der Waals surface area (Å²) in [4.78, 5) is 8.00. The van der Waals surface area contributed by atoms with E-state index >= 15 is 0 Å². The Bertz CT molecular complexity index is 1210. The lowest BCUT2D eigenvalue weighted by molar-refractivity contribution is -0.0980. The van der Waals surface area contributed by atoms with Crippen LogP contribution in [0.2, 0.25) is 0 Å². The zero-order valence-corrected chi connectivity index (χ0v) is 26.7. The summed E-state index contributed by atoms with van der Waals surface area (Å²) in [6.07, 6.45) is 6.24. The number of methoxy groups -OCH3 is 1. The number of aliphatic hydroxyl groups is 1. The zero-order valence-electron chi connectivity index (χ0n) is 25.9. The quantitative estimate of drug-likeness (QED) is 0.208. The number of carbonyl (C=O) groups excluding carboxylic acids is 1. The van der Waals surface area contributed by atoms with Crippen LogP contribution in [0.4, 0.5) is 5.69 Å². The van der Waals surface area contributed by atoms with Crippen LogP contribution in [0.5, 0.6) is 5.75 Å². The molecule has 3 aromatic carbocycles. The maximum absolute atomic E-state index is 8.52. The van der Waals surface area contributed by atoms with Gasteiger partial charge < -0.3 is 18.9 Å². The molecule has 0 amide bonds. The summed E-state index contributed by atoms with van der Waals surface area (Å²) in [6, 6.07) is 18.0. The Labute approximate surface area is 247 Å². The Hall–Kier alpha value is -2.76. The lowest BCUT2D eigenvalue weighted by Crippen LogP contribution is -2.22. The third kappa shape index (κ3) is 9.14. The van der Waals surface area contributed by atoms with Gasteiger partial charge in [-0.15, -0.1) is 0 Å². The average Bonchev–Trinajstić information content (AvgIpc) is 2.93. The van der Waals surface area contributed by atoms with E-state index in [9.17, 15) is 0 Å². The van der Waals surface area contributed by atoms with Crippen LogP contribution in [-0.2, 0) is 17.8 Å². The summed E-state index contributed by atoms with van der Waals surface area (Å²) in [6.45, 7) is 17.2. The third-order valence-electron chi connectivity index (χ3n) is 6.80. The Kier molecular flexibility index (Phi) is 13.3. The number of hydrogen-bond acceptors (Lipinski definition) is 5. The summed E-state index contributed by atoms with van der Waals surface area (Å²) in [5, 5.41) is 8.52. The fourth-order valence-corrected chi connectivity index (χ4v) is 6.11. The Balaban J connectivity index is 0.000000722. The first kappa shape index (κ1) is 33.4. The van der Waals surface area contributed by atoms with Crippen molar-refractivity contribution in [1.29, 1.82) is 0 Å². The van der Waals surface area contributed by atoms with Crippen LogP contribution < -0.4 is 9.04 Å². The van der Waals surface area contributed by atoms with E-state index in [-0.39, 0.29) is 0 Å². The van der Waals surface area contributed by atoms with Crippen LogP contribution in [0.1, 0.15) is 82.6 Å². The third-order valence-corrected chi connectivity index (χ3v) is 7.90. The number of benzene rings is 3. The molecule has 0 radical (unpaired) electrons. The second-order valence-electron chi connectivity index (χ2n) is 11.3. The molecule has 0 aromatic heterocycles. The fourth-order valence-electron chi connectivity index (χ4n) is 4.96. The molecule has 4 rings (SSSR count). The van der Waals surface area contributed by atoms with Crippen molar-refractivity contribution >= 4 is 24.4 Å². The van der Waals surface area contributed by atoms with Gasteiger partial charge in [0.05, 0.1) is 24.9 Å². The van der Waals surface area contributed by atoms with E-state index in [0.29, 0.717) is 0 Å². The number of carbonyl (C=O) groups is 1. The Morgan fingerprint density at radius 1 is 0.925 bits per heavy atom. The number of hydrogen-bond donors (Lipinski definition) is 1. The van der Waals surface area contributed by atoms with Crippen LogP contribution in [0.25, 0.3) is 22.3 Å². The largest absolute Gasteiger partial charge is 0.497 e. The van der Waals surface area contributed by atoms with E-state index < -0.39 is 5.60 Å². The van der Waals surface area contributed by atoms with Crippen molar-refractivity contribution in [2.75, 3.05) is 17.2 Å². The van der Waals surface area contributed by atoms with Crippen molar-refractivity contribution in [3.63, 3.8) is 0 Å². The van der Waals surface area contributed by atoms with Gasteiger partial charge in [0.1, 0.15) is 12.5 Å². The number of unbranched alkanes of at least 4 members (excludes halogenated alkanes) is 3. The molecule has 0 bridgehead atoms. The number of fused-ring (bicyclic) bond motifs is 3. The lowest BCUT2D eigenvalue weighted by Gasteiger charge is -2.35. The summed E-state index contributed by atoms with van der Waals surface area (Å²) in [7, 11) is 1.76. The van der Waals surface area contributed by atoms with Crippen molar-refractivity contribution in [2.45, 2.75) is 92.7 Å². The topological polar surface area (TPSA) is 49.8 Å². The molecule has 0 fully saturated rings. The van der Waals surface area contributed by atoms with Gasteiger partial charge in [0.2, 0.25) is 0 Å². The predicted octanol–water partition coefficient (Wildman–Crippen LogP) is 9.35. The van der Waals surface area contributed by atoms with Gasteiger partial charge in [0, 0.05) is 11.3 Å². The molecule has 218 valence electrons. The minimum atomic E-state index is -0.500. The van der Waals surface area contributed by atoms with Crippen molar-refractivity contribution in [3.8, 4) is 28.0 Å². The maximum atomic E-state index is 8.52. The first-order valence-corrected chi connectivity index (χ1v) is 15.3. The molecule has 3 aromatic rings. The number of ether oxygens (including phenoxy) is 1. The van der Waals surface area contributed by atoms with Gasteiger partial charge in [-0.1, -0.05) is 69.0 Å². The molecule has 1 heterocycles. The number of aryl methyl sites for hydroxylation is 1. The van der Waals surface area contributed by atoms with Gasteiger partial charge in [-0.2, -0.15) is 0 Å². The molecule has 1 aliphatic heterocycles. The highest BCUT2D eigenvalue weighted by Gasteiger charge is 2.27. The first-order valence-electron chi connectivity index (χ1n) is 14.4. The van der Waals surface area contributed by atoms with Crippen molar-refractivity contribution in [3.05, 3.63) is 70.8 Å². The molecule has 0 spiro atoms. The van der Waals surface area contributed by atoms with E-state index in [4.69, 9.17) is 14.6 Å². The molecule has 40 heavy (non-hydrogen) atoms. The van der Waals surface area contributed by atoms with Gasteiger partial charge in [-0.05, 0) is 111 Å². The predicted molar refractivity (Wildman–Crippen MR) is 175 cm³/mol. The van der Waals surface area contributed by atoms with Gasteiger partial charge in [0.15, 0.2) is 0 Å². The Morgan fingerprint density at radius 2 is 1.57 bits per heavy atom. The van der Waals surface area contributed by atoms with Crippen molar-refractivity contribution < 1.29 is 14.6 Å². The van der Waals surface area contributed by atoms with Crippen molar-refractivity contribution in [2.24, 2.45) is 0 Å². The molecule has 0 saturated heterocycles. The second-order valence-corrected chi connectivity index (χ2v) is 12.4. The zero-order chi connectivity index (χ0) is 29.9. The summed E-state index contributed by atoms with van der Waals surface area (Å²) in [5.74, 6) is 2.10. The summed E-state index contributed by atoms with van der Waals surface area (Å²) in [5.41, 5.74) is 11.8. The SMILES string of the molecule is C=O.CC(C)(C)O.CCCCCCSN1Cc2cc(OC)ccc2-c2cc(-c3ccc(C)cc3)c(CC)c(C)c21. The van der Waals surface area contributed by atoms with Gasteiger partial charge in [0.25, 0.3) is 0 Å². The van der Waals surface area contributed by atoms with Crippen LogP contribution in [0, 0.1) is 13.8 Å². The standard InChI is InChI=1S/C30H37NOS.C4H10O.CH2O/c1-6-8-9-10-17-33-31-20-24-18-25(32-5)15-16-27(24)29-19-28(23-13-11-21(3)12-14-23)26(7-2)22(4)30(29)31;1-4(2,3)5;1-2/h11-16,18-19H,6-10,17,20H2,1-5H3;5H,1-3H3;1H2. The molecule has 0 unspecified atom stereocenters. The van der Waals surface area contributed by atoms with E-state index in [0.717, 1.165) is 18.7 Å². The summed E-state index contributed by atoms with van der Waals surface area (Å²) < 4.78 is 8.12. The molecule has 4 nitrogen and oxygen atoms in total. The fraction of sp³-hybridized carbons (Fsp3) is 0.457. The van der Waals surface area contributed by atoms with Crippen molar-refractivity contribution in [1.82, 2.24) is 0 Å². The van der Waals surface area contributed by atoms with Gasteiger partial charge in [-0.3, -0.25) is 0 Å². The monoisotopic (exact) mass is 563 g/mol. The normalized spacial score (nSPS) is 11.9. The molecule has 5 heteroatoms. The molecule has 1 N–H and O–H groups in total. The maximum Gasteiger partial charge on any atom is 0.119 e. The highest BCUT2D eigenvalue weighted by molar-refractivity contribution is 8.00. The van der Waals surface area contributed by atoms with Crippen LogP contribution in [0.15, 0.2) is 48.5 Å². The first-order chi connectivity index (χ1) is 19.1. The molecular formula is C35H49NO3S. The van der Waals surface area contributed by atoms with E-state index in [1.807, 2.05) is 18.7 Å². The highest BCUT2D eigenvalue weighted by atomic mass is 32.2. The van der Waals surface area contributed by atoms with Gasteiger partial charge in [-0.25, -0.2) is 0 Å².